The number of rotatable bonds is 9. The minimum Gasteiger partial charge on any atom is -0.360 e. The zero-order valence-corrected chi connectivity index (χ0v) is 16.4. The van der Waals surface area contributed by atoms with Crippen molar-refractivity contribution in [2.75, 3.05) is 38.0 Å². The largest absolute Gasteiger partial charge is 0.360 e. The predicted octanol–water partition coefficient (Wildman–Crippen LogP) is 2.53. The summed E-state index contributed by atoms with van der Waals surface area (Å²) in [5, 5.41) is 6.42. The Hall–Kier alpha value is -1.89. The summed E-state index contributed by atoms with van der Waals surface area (Å²) >= 11 is 0. The van der Waals surface area contributed by atoms with Crippen LogP contribution in [0.3, 0.4) is 0 Å². The summed E-state index contributed by atoms with van der Waals surface area (Å²) in [5.74, 6) is 0.716. The third-order valence-corrected chi connectivity index (χ3v) is 3.84. The Morgan fingerprint density at radius 1 is 1.20 bits per heavy atom. The van der Waals surface area contributed by atoms with Crippen molar-refractivity contribution in [3.63, 3.8) is 0 Å². The third-order valence-electron chi connectivity index (χ3n) is 3.84. The number of aryl methyl sites for hydroxylation is 1. The lowest BCUT2D eigenvalue weighted by atomic mass is 9.91. The van der Waals surface area contributed by atoms with Gasteiger partial charge in [0.1, 0.15) is 5.76 Å². The van der Waals surface area contributed by atoms with Crippen LogP contribution in [0.25, 0.3) is 0 Å². The van der Waals surface area contributed by atoms with Gasteiger partial charge in [-0.1, -0.05) is 39.8 Å². The van der Waals surface area contributed by atoms with E-state index >= 15 is 0 Å². The van der Waals surface area contributed by atoms with Crippen molar-refractivity contribution in [2.45, 2.75) is 48.0 Å². The van der Waals surface area contributed by atoms with E-state index in [1.165, 1.54) is 0 Å². The summed E-state index contributed by atoms with van der Waals surface area (Å²) in [5.41, 5.74) is -0.121. The van der Waals surface area contributed by atoms with Gasteiger partial charge in [0.15, 0.2) is 5.82 Å². The van der Waals surface area contributed by atoms with Gasteiger partial charge in [-0.2, -0.15) is 0 Å². The molecular weight excluding hydrogens is 320 g/mol. The number of hydrogen-bond acceptors (Lipinski definition) is 5. The van der Waals surface area contributed by atoms with Gasteiger partial charge in [0.05, 0.1) is 6.54 Å². The van der Waals surface area contributed by atoms with E-state index in [-0.39, 0.29) is 23.8 Å². The first-order chi connectivity index (χ1) is 11.6. The van der Waals surface area contributed by atoms with Gasteiger partial charge in [-0.15, -0.1) is 0 Å². The van der Waals surface area contributed by atoms with Gasteiger partial charge < -0.3 is 19.6 Å². The molecule has 25 heavy (non-hydrogen) atoms. The standard InChI is InChI=1S/C18H32N4O3/c1-7-21(8-2)9-10-22(17(24)12-18(4,5)6)13-16(23)19-15-11-14(3)25-20-15/h11H,7-10,12-13H2,1-6H3,(H,19,20,23). The summed E-state index contributed by atoms with van der Waals surface area (Å²) in [6, 6.07) is 1.65. The van der Waals surface area contributed by atoms with Crippen LogP contribution >= 0.6 is 0 Å². The Balaban J connectivity index is 2.71. The number of carbonyl (C=O) groups excluding carboxylic acids is 2. The molecule has 0 saturated heterocycles. The fourth-order valence-corrected chi connectivity index (χ4v) is 2.44. The molecule has 142 valence electrons. The van der Waals surface area contributed by atoms with E-state index in [1.54, 1.807) is 17.9 Å². The Bertz CT molecular complexity index is 559. The van der Waals surface area contributed by atoms with E-state index in [1.807, 2.05) is 20.8 Å². The lowest BCUT2D eigenvalue weighted by Crippen LogP contribution is -2.43. The number of amides is 2. The summed E-state index contributed by atoms with van der Waals surface area (Å²) in [6.07, 6.45) is 0.404. The van der Waals surface area contributed by atoms with Crippen LogP contribution < -0.4 is 5.32 Å². The molecule has 1 rings (SSSR count). The number of hydrogen-bond donors (Lipinski definition) is 1. The molecule has 0 radical (unpaired) electrons. The maximum Gasteiger partial charge on any atom is 0.245 e. The molecule has 0 unspecified atom stereocenters. The number of carbonyl (C=O) groups is 2. The number of aromatic nitrogens is 1. The molecule has 0 fully saturated rings. The van der Waals surface area contributed by atoms with Gasteiger partial charge in [-0.05, 0) is 25.4 Å². The van der Waals surface area contributed by atoms with Crippen molar-refractivity contribution in [2.24, 2.45) is 5.41 Å². The Morgan fingerprint density at radius 2 is 1.84 bits per heavy atom. The highest BCUT2D eigenvalue weighted by molar-refractivity contribution is 5.93. The monoisotopic (exact) mass is 352 g/mol. The summed E-state index contributed by atoms with van der Waals surface area (Å²) in [6.45, 7) is 15.1. The number of anilines is 1. The second-order valence-electron chi connectivity index (χ2n) is 7.45. The van der Waals surface area contributed by atoms with Gasteiger partial charge in [-0.3, -0.25) is 9.59 Å². The van der Waals surface area contributed by atoms with Crippen LogP contribution in [0, 0.1) is 12.3 Å². The van der Waals surface area contributed by atoms with Crippen molar-refractivity contribution >= 4 is 17.6 Å². The first-order valence-electron chi connectivity index (χ1n) is 8.88. The van der Waals surface area contributed by atoms with Gasteiger partial charge in [0.25, 0.3) is 0 Å². The average molecular weight is 352 g/mol. The number of likely N-dealkylation sites (N-methyl/N-ethyl adjacent to an activating group) is 1. The molecule has 2 amide bonds. The van der Waals surface area contributed by atoms with Gasteiger partial charge in [0.2, 0.25) is 11.8 Å². The van der Waals surface area contributed by atoms with Crippen molar-refractivity contribution < 1.29 is 14.1 Å². The van der Waals surface area contributed by atoms with Crippen LogP contribution in [0.1, 0.15) is 46.8 Å². The Morgan fingerprint density at radius 3 is 2.32 bits per heavy atom. The van der Waals surface area contributed by atoms with Gasteiger partial charge >= 0.3 is 0 Å². The highest BCUT2D eigenvalue weighted by Crippen LogP contribution is 2.20. The van der Waals surface area contributed by atoms with Gasteiger partial charge in [0, 0.05) is 25.6 Å². The van der Waals surface area contributed by atoms with E-state index in [0.29, 0.717) is 24.5 Å². The molecule has 0 aliphatic heterocycles. The Labute approximate surface area is 150 Å². The van der Waals surface area contributed by atoms with E-state index < -0.39 is 0 Å². The fourth-order valence-electron chi connectivity index (χ4n) is 2.44. The smallest absolute Gasteiger partial charge is 0.245 e. The third kappa shape index (κ3) is 8.16. The first-order valence-corrected chi connectivity index (χ1v) is 8.88. The molecule has 1 heterocycles. The molecule has 0 aliphatic rings. The number of nitrogens with one attached hydrogen (secondary N) is 1. The molecule has 1 N–H and O–H groups in total. The molecule has 0 saturated carbocycles. The SMILES string of the molecule is CCN(CC)CCN(CC(=O)Nc1cc(C)on1)C(=O)CC(C)(C)C. The first kappa shape index (κ1) is 21.2. The van der Waals surface area contributed by atoms with Crippen molar-refractivity contribution in [1.29, 1.82) is 0 Å². The van der Waals surface area contributed by atoms with Crippen LogP contribution in [0.4, 0.5) is 5.82 Å². The van der Waals surface area contributed by atoms with Crippen LogP contribution in [0.2, 0.25) is 0 Å². The maximum atomic E-state index is 12.6. The minimum atomic E-state index is -0.268. The molecule has 0 atom stereocenters. The second kappa shape index (κ2) is 9.56. The predicted molar refractivity (Wildman–Crippen MR) is 98.3 cm³/mol. The topological polar surface area (TPSA) is 78.7 Å². The highest BCUT2D eigenvalue weighted by atomic mass is 16.5. The normalized spacial score (nSPS) is 11.6. The fraction of sp³-hybridized carbons (Fsp3) is 0.722. The average Bonchev–Trinajstić information content (AvgIpc) is 2.90. The van der Waals surface area contributed by atoms with E-state index in [4.69, 9.17) is 4.52 Å². The lowest BCUT2D eigenvalue weighted by molar-refractivity contribution is -0.136. The summed E-state index contributed by atoms with van der Waals surface area (Å²) in [7, 11) is 0. The molecule has 0 aliphatic carbocycles. The van der Waals surface area contributed by atoms with Crippen LogP contribution in [-0.4, -0.2) is 59.5 Å². The van der Waals surface area contributed by atoms with Crippen molar-refractivity contribution in [1.82, 2.24) is 15.0 Å². The molecule has 0 aromatic carbocycles. The van der Waals surface area contributed by atoms with E-state index in [0.717, 1.165) is 19.6 Å². The zero-order chi connectivity index (χ0) is 19.0. The minimum absolute atomic E-state index is 0.00820. The van der Waals surface area contributed by atoms with Gasteiger partial charge in [-0.25, -0.2) is 0 Å². The molecule has 1 aromatic rings. The zero-order valence-electron chi connectivity index (χ0n) is 16.4. The van der Waals surface area contributed by atoms with Crippen molar-refractivity contribution in [3.8, 4) is 0 Å². The van der Waals surface area contributed by atoms with Crippen LogP contribution in [0.15, 0.2) is 10.6 Å². The van der Waals surface area contributed by atoms with Crippen LogP contribution in [-0.2, 0) is 9.59 Å². The molecule has 1 aromatic heterocycles. The lowest BCUT2D eigenvalue weighted by Gasteiger charge is -2.28. The molecular formula is C18H32N4O3. The molecule has 0 spiro atoms. The van der Waals surface area contributed by atoms with E-state index in [9.17, 15) is 9.59 Å². The Kier molecular flexibility index (Phi) is 8.09. The quantitative estimate of drug-likeness (QED) is 0.739. The van der Waals surface area contributed by atoms with Crippen LogP contribution in [0.5, 0.6) is 0 Å². The highest BCUT2D eigenvalue weighted by Gasteiger charge is 2.23. The number of nitrogens with zero attached hydrogens (tertiary/aromatic N) is 3. The second-order valence-corrected chi connectivity index (χ2v) is 7.45. The molecule has 0 bridgehead atoms. The van der Waals surface area contributed by atoms with Crippen molar-refractivity contribution in [3.05, 3.63) is 11.8 Å². The summed E-state index contributed by atoms with van der Waals surface area (Å²) in [4.78, 5) is 28.8. The summed E-state index contributed by atoms with van der Waals surface area (Å²) < 4.78 is 4.94. The molecule has 7 heteroatoms. The van der Waals surface area contributed by atoms with E-state index in [2.05, 4.69) is 29.2 Å². The molecule has 7 nitrogen and oxygen atoms in total. The maximum absolute atomic E-state index is 12.6.